The van der Waals surface area contributed by atoms with E-state index in [1.54, 1.807) is 6.20 Å². The molecule has 0 radical (unpaired) electrons. The van der Waals surface area contributed by atoms with Gasteiger partial charge in [0.1, 0.15) is 5.82 Å². The second-order valence-corrected chi connectivity index (χ2v) is 7.27. The molecule has 0 atom stereocenters. The average Bonchev–Trinajstić information content (AvgIpc) is 2.62. The van der Waals surface area contributed by atoms with Crippen LogP contribution in [0.4, 0.5) is 11.5 Å². The van der Waals surface area contributed by atoms with Crippen molar-refractivity contribution in [1.29, 1.82) is 0 Å². The maximum atomic E-state index is 12.0. The van der Waals surface area contributed by atoms with Crippen LogP contribution in [0, 0.1) is 5.92 Å². The number of hydrogen-bond acceptors (Lipinski definition) is 4. The van der Waals surface area contributed by atoms with E-state index in [9.17, 15) is 4.79 Å². The van der Waals surface area contributed by atoms with Crippen molar-refractivity contribution in [2.75, 3.05) is 36.4 Å². The lowest BCUT2D eigenvalue weighted by Crippen LogP contribution is -2.46. The van der Waals surface area contributed by atoms with Gasteiger partial charge >= 0.3 is 0 Å². The van der Waals surface area contributed by atoms with Crippen molar-refractivity contribution < 1.29 is 4.79 Å². The van der Waals surface area contributed by atoms with Crippen LogP contribution in [0.25, 0.3) is 0 Å². The highest BCUT2D eigenvalue weighted by Crippen LogP contribution is 2.27. The molecule has 4 rings (SSSR count). The number of nitrogens with zero attached hydrogens (tertiary/aromatic N) is 3. The van der Waals surface area contributed by atoms with Crippen LogP contribution in [0.5, 0.6) is 0 Å². The van der Waals surface area contributed by atoms with Crippen molar-refractivity contribution in [3.63, 3.8) is 0 Å². The van der Waals surface area contributed by atoms with Gasteiger partial charge in [-0.05, 0) is 30.5 Å². The number of pyridine rings is 1. The SMILES string of the molecule is O=C(Nc1ccc(N2CCN(Cc3ccccc3)CC2)nc1)C1CCC1. The van der Waals surface area contributed by atoms with Crippen molar-refractivity contribution in [1.82, 2.24) is 9.88 Å². The number of hydrogen-bond donors (Lipinski definition) is 1. The topological polar surface area (TPSA) is 48.5 Å². The smallest absolute Gasteiger partial charge is 0.227 e. The second kappa shape index (κ2) is 7.87. The summed E-state index contributed by atoms with van der Waals surface area (Å²) < 4.78 is 0. The van der Waals surface area contributed by atoms with E-state index in [1.807, 2.05) is 12.1 Å². The predicted molar refractivity (Wildman–Crippen MR) is 104 cm³/mol. The quantitative estimate of drug-likeness (QED) is 0.900. The van der Waals surface area contributed by atoms with E-state index in [0.29, 0.717) is 0 Å². The molecule has 0 unspecified atom stereocenters. The molecule has 1 N–H and O–H groups in total. The van der Waals surface area contributed by atoms with Crippen LogP contribution in [-0.4, -0.2) is 42.0 Å². The Kier molecular flexibility index (Phi) is 5.16. The van der Waals surface area contributed by atoms with Gasteiger partial charge < -0.3 is 10.2 Å². The molecule has 1 aliphatic heterocycles. The van der Waals surface area contributed by atoms with Crippen LogP contribution in [0.15, 0.2) is 48.7 Å². The van der Waals surface area contributed by atoms with E-state index >= 15 is 0 Å². The molecule has 2 fully saturated rings. The van der Waals surface area contributed by atoms with E-state index in [2.05, 4.69) is 50.4 Å². The highest BCUT2D eigenvalue weighted by Gasteiger charge is 2.25. The monoisotopic (exact) mass is 350 g/mol. The minimum absolute atomic E-state index is 0.139. The van der Waals surface area contributed by atoms with Crippen molar-refractivity contribution >= 4 is 17.4 Å². The molecule has 0 spiro atoms. The molecule has 2 aliphatic rings. The molecular formula is C21H26N4O. The Labute approximate surface area is 155 Å². The summed E-state index contributed by atoms with van der Waals surface area (Å²) in [6, 6.07) is 14.6. The molecular weight excluding hydrogens is 324 g/mol. The first-order chi connectivity index (χ1) is 12.8. The van der Waals surface area contributed by atoms with Crippen molar-refractivity contribution in [3.05, 3.63) is 54.2 Å². The molecule has 0 bridgehead atoms. The molecule has 1 saturated carbocycles. The minimum Gasteiger partial charge on any atom is -0.354 e. The van der Waals surface area contributed by atoms with Gasteiger partial charge in [-0.1, -0.05) is 36.8 Å². The van der Waals surface area contributed by atoms with E-state index in [1.165, 1.54) is 12.0 Å². The lowest BCUT2D eigenvalue weighted by atomic mass is 9.85. The van der Waals surface area contributed by atoms with E-state index < -0.39 is 0 Å². The summed E-state index contributed by atoms with van der Waals surface area (Å²) in [5.74, 6) is 1.33. The van der Waals surface area contributed by atoms with Gasteiger partial charge in [0.05, 0.1) is 11.9 Å². The Morgan fingerprint density at radius 3 is 2.42 bits per heavy atom. The van der Waals surface area contributed by atoms with Gasteiger partial charge in [0.25, 0.3) is 0 Å². The molecule has 26 heavy (non-hydrogen) atoms. The number of benzene rings is 1. The second-order valence-electron chi connectivity index (χ2n) is 7.27. The Morgan fingerprint density at radius 1 is 1.04 bits per heavy atom. The van der Waals surface area contributed by atoms with Crippen LogP contribution in [-0.2, 0) is 11.3 Å². The Hall–Kier alpha value is -2.40. The Morgan fingerprint density at radius 2 is 1.81 bits per heavy atom. The van der Waals surface area contributed by atoms with Crippen molar-refractivity contribution in [2.45, 2.75) is 25.8 Å². The number of aromatic nitrogens is 1. The van der Waals surface area contributed by atoms with Gasteiger partial charge in [0.15, 0.2) is 0 Å². The lowest BCUT2D eigenvalue weighted by Gasteiger charge is -2.35. The van der Waals surface area contributed by atoms with Crippen molar-refractivity contribution in [3.8, 4) is 0 Å². The molecule has 1 amide bonds. The first-order valence-electron chi connectivity index (χ1n) is 9.56. The molecule has 5 nitrogen and oxygen atoms in total. The fourth-order valence-electron chi connectivity index (χ4n) is 3.54. The first-order valence-corrected chi connectivity index (χ1v) is 9.56. The summed E-state index contributed by atoms with van der Waals surface area (Å²) in [5.41, 5.74) is 2.17. The molecule has 2 heterocycles. The van der Waals surface area contributed by atoms with E-state index in [4.69, 9.17) is 0 Å². The van der Waals surface area contributed by atoms with Gasteiger partial charge in [0, 0.05) is 38.6 Å². The number of carbonyl (C=O) groups excluding carboxylic acids is 1. The zero-order valence-electron chi connectivity index (χ0n) is 15.1. The summed E-state index contributed by atoms with van der Waals surface area (Å²) in [4.78, 5) is 21.4. The van der Waals surface area contributed by atoms with Crippen molar-refractivity contribution in [2.24, 2.45) is 5.92 Å². The summed E-state index contributed by atoms with van der Waals surface area (Å²) in [7, 11) is 0. The fraction of sp³-hybridized carbons (Fsp3) is 0.429. The van der Waals surface area contributed by atoms with Crippen LogP contribution in [0.1, 0.15) is 24.8 Å². The number of amides is 1. The number of nitrogens with one attached hydrogen (secondary N) is 1. The highest BCUT2D eigenvalue weighted by atomic mass is 16.1. The Balaban J connectivity index is 1.28. The third-order valence-corrected chi connectivity index (χ3v) is 5.44. The van der Waals surface area contributed by atoms with E-state index in [-0.39, 0.29) is 11.8 Å². The normalized spacial score (nSPS) is 18.4. The first kappa shape index (κ1) is 17.0. The lowest BCUT2D eigenvalue weighted by molar-refractivity contribution is -0.122. The third kappa shape index (κ3) is 4.05. The van der Waals surface area contributed by atoms with Crippen LogP contribution < -0.4 is 10.2 Å². The standard InChI is InChI=1S/C21H26N4O/c26-21(18-7-4-8-18)23-19-9-10-20(22-15-19)25-13-11-24(12-14-25)16-17-5-2-1-3-6-17/h1-3,5-6,9-10,15,18H,4,7-8,11-14,16H2,(H,23,26). The molecule has 5 heteroatoms. The fourth-order valence-corrected chi connectivity index (χ4v) is 3.54. The summed E-state index contributed by atoms with van der Waals surface area (Å²) >= 11 is 0. The number of carbonyl (C=O) groups is 1. The predicted octanol–water partition coefficient (Wildman–Crippen LogP) is 3.14. The molecule has 1 aromatic heterocycles. The largest absolute Gasteiger partial charge is 0.354 e. The average molecular weight is 350 g/mol. The zero-order chi connectivity index (χ0) is 17.8. The van der Waals surface area contributed by atoms with Gasteiger partial charge in [-0.2, -0.15) is 0 Å². The maximum Gasteiger partial charge on any atom is 0.227 e. The van der Waals surface area contributed by atoms with Gasteiger partial charge in [-0.3, -0.25) is 9.69 Å². The van der Waals surface area contributed by atoms with Crippen LogP contribution in [0.2, 0.25) is 0 Å². The number of piperazine rings is 1. The molecule has 1 aliphatic carbocycles. The van der Waals surface area contributed by atoms with Gasteiger partial charge in [-0.25, -0.2) is 4.98 Å². The van der Waals surface area contributed by atoms with E-state index in [0.717, 1.165) is 57.1 Å². The third-order valence-electron chi connectivity index (χ3n) is 5.44. The summed E-state index contributed by atoms with van der Waals surface area (Å²) in [6.45, 7) is 5.04. The Bertz CT molecular complexity index is 719. The molecule has 1 saturated heterocycles. The summed E-state index contributed by atoms with van der Waals surface area (Å²) in [6.07, 6.45) is 4.99. The van der Waals surface area contributed by atoms with Crippen LogP contribution >= 0.6 is 0 Å². The maximum absolute atomic E-state index is 12.0. The zero-order valence-corrected chi connectivity index (χ0v) is 15.1. The minimum atomic E-state index is 0.139. The van der Waals surface area contributed by atoms with Gasteiger partial charge in [0.2, 0.25) is 5.91 Å². The summed E-state index contributed by atoms with van der Waals surface area (Å²) in [5, 5.41) is 2.98. The number of anilines is 2. The number of rotatable bonds is 5. The van der Waals surface area contributed by atoms with Gasteiger partial charge in [-0.15, -0.1) is 0 Å². The highest BCUT2D eigenvalue weighted by molar-refractivity contribution is 5.92. The van der Waals surface area contributed by atoms with Crippen LogP contribution in [0.3, 0.4) is 0 Å². The molecule has 1 aromatic carbocycles. The molecule has 2 aromatic rings. The molecule has 136 valence electrons.